The van der Waals surface area contributed by atoms with Gasteiger partial charge in [-0.15, -0.1) is 0 Å². The molecule has 1 unspecified atom stereocenters. The van der Waals surface area contributed by atoms with E-state index >= 15 is 0 Å². The van der Waals surface area contributed by atoms with E-state index in [9.17, 15) is 9.59 Å². The molecule has 1 atom stereocenters. The van der Waals surface area contributed by atoms with Crippen LogP contribution in [0.3, 0.4) is 0 Å². The van der Waals surface area contributed by atoms with Crippen molar-refractivity contribution >= 4 is 45.2 Å². The summed E-state index contributed by atoms with van der Waals surface area (Å²) in [7, 11) is 0. The minimum atomic E-state index is -0.531. The van der Waals surface area contributed by atoms with Crippen LogP contribution < -0.4 is 10.9 Å². The van der Waals surface area contributed by atoms with Gasteiger partial charge in [-0.05, 0) is 61.9 Å². The number of rotatable bonds is 5. The van der Waals surface area contributed by atoms with E-state index in [1.807, 2.05) is 49.4 Å². The summed E-state index contributed by atoms with van der Waals surface area (Å²) in [6.45, 7) is 3.72. The van der Waals surface area contributed by atoms with E-state index in [0.717, 1.165) is 16.5 Å². The fourth-order valence-corrected chi connectivity index (χ4v) is 4.56. The second kappa shape index (κ2) is 9.07. The van der Waals surface area contributed by atoms with Crippen molar-refractivity contribution in [2.75, 3.05) is 5.32 Å². The van der Waals surface area contributed by atoms with Gasteiger partial charge in [-0.25, -0.2) is 14.5 Å². The molecule has 0 aliphatic carbocycles. The van der Waals surface area contributed by atoms with Crippen LogP contribution in [0.2, 0.25) is 0 Å². The maximum Gasteiger partial charge on any atom is 0.267 e. The molecule has 3 heterocycles. The predicted octanol–water partition coefficient (Wildman–Crippen LogP) is 4.76. The Balaban J connectivity index is 1.51. The fraction of sp³-hybridized carbons (Fsp3) is 0.115. The van der Waals surface area contributed by atoms with Gasteiger partial charge in [0.15, 0.2) is 5.16 Å². The summed E-state index contributed by atoms with van der Waals surface area (Å²) >= 11 is 1.22. The molecule has 168 valence electrons. The number of hydrogen-bond donors (Lipinski definition) is 1. The number of hydrogen-bond acceptors (Lipinski definition) is 6. The molecule has 0 fully saturated rings. The summed E-state index contributed by atoms with van der Waals surface area (Å²) in [4.78, 5) is 40.0. The summed E-state index contributed by atoms with van der Waals surface area (Å²) in [5, 5.41) is 4.22. The Morgan fingerprint density at radius 3 is 2.56 bits per heavy atom. The quantitative estimate of drug-likeness (QED) is 0.296. The fourth-order valence-electron chi connectivity index (χ4n) is 3.64. The average molecular weight is 468 g/mol. The molecule has 5 aromatic rings. The average Bonchev–Trinajstić information content (AvgIpc) is 2.85. The van der Waals surface area contributed by atoms with Crippen molar-refractivity contribution in [1.82, 2.24) is 19.5 Å². The van der Waals surface area contributed by atoms with Crippen LogP contribution in [0.1, 0.15) is 12.5 Å². The van der Waals surface area contributed by atoms with Gasteiger partial charge in [0.2, 0.25) is 5.91 Å². The zero-order valence-corrected chi connectivity index (χ0v) is 19.4. The molecule has 5 rings (SSSR count). The van der Waals surface area contributed by atoms with Crippen LogP contribution in [0, 0.1) is 6.92 Å². The molecule has 3 aromatic heterocycles. The number of nitrogens with zero attached hydrogens (tertiary/aromatic N) is 4. The Kier molecular flexibility index (Phi) is 5.81. The van der Waals surface area contributed by atoms with Crippen molar-refractivity contribution in [3.63, 3.8) is 0 Å². The smallest absolute Gasteiger partial charge is 0.267 e. The third-order valence-corrected chi connectivity index (χ3v) is 6.48. The second-order valence-corrected chi connectivity index (χ2v) is 9.18. The third kappa shape index (κ3) is 4.15. The maximum atomic E-state index is 13.4. The first-order valence-electron chi connectivity index (χ1n) is 10.8. The molecule has 2 aromatic carbocycles. The van der Waals surface area contributed by atoms with Gasteiger partial charge < -0.3 is 5.32 Å². The lowest BCUT2D eigenvalue weighted by atomic mass is 10.2. The maximum absolute atomic E-state index is 13.4. The SMILES string of the molecule is Cc1ccc(-n2c(SC(C)C(=O)Nc3cccc4ncccc34)nc3ccccc3c2=O)nc1. The van der Waals surface area contributed by atoms with Crippen LogP contribution in [0.15, 0.2) is 89.1 Å². The van der Waals surface area contributed by atoms with Crippen molar-refractivity contribution in [2.45, 2.75) is 24.3 Å². The van der Waals surface area contributed by atoms with Crippen LogP contribution >= 0.6 is 11.8 Å². The zero-order valence-electron chi connectivity index (χ0n) is 18.6. The summed E-state index contributed by atoms with van der Waals surface area (Å²) in [5.74, 6) is 0.260. The van der Waals surface area contributed by atoms with E-state index in [1.54, 1.807) is 43.6 Å². The molecule has 7 nitrogen and oxygen atoms in total. The molecule has 1 amide bonds. The van der Waals surface area contributed by atoms with Crippen molar-refractivity contribution in [2.24, 2.45) is 0 Å². The lowest BCUT2D eigenvalue weighted by Crippen LogP contribution is -2.26. The molecule has 0 aliphatic heterocycles. The Bertz CT molecular complexity index is 1580. The minimum absolute atomic E-state index is 0.202. The third-order valence-electron chi connectivity index (χ3n) is 5.42. The number of carbonyl (C=O) groups excluding carboxylic acids is 1. The first-order valence-corrected chi connectivity index (χ1v) is 11.7. The Morgan fingerprint density at radius 1 is 0.941 bits per heavy atom. The van der Waals surface area contributed by atoms with Gasteiger partial charge in [-0.1, -0.05) is 36.0 Å². The van der Waals surface area contributed by atoms with Gasteiger partial charge in [-0.2, -0.15) is 0 Å². The van der Waals surface area contributed by atoms with Gasteiger partial charge in [-0.3, -0.25) is 14.6 Å². The van der Waals surface area contributed by atoms with E-state index in [2.05, 4.69) is 15.3 Å². The van der Waals surface area contributed by atoms with Crippen molar-refractivity contribution in [1.29, 1.82) is 0 Å². The molecule has 0 saturated carbocycles. The molecule has 1 N–H and O–H groups in total. The van der Waals surface area contributed by atoms with Crippen LogP contribution in [0.25, 0.3) is 27.6 Å². The number of benzene rings is 2. The number of pyridine rings is 2. The highest BCUT2D eigenvalue weighted by atomic mass is 32.2. The van der Waals surface area contributed by atoms with Gasteiger partial charge >= 0.3 is 0 Å². The number of nitrogens with one attached hydrogen (secondary N) is 1. The number of thioether (sulfide) groups is 1. The standard InChI is InChI=1S/C26H21N5O2S/c1-16-12-13-23(28-15-16)31-25(33)19-7-3-4-9-22(19)30-26(31)34-17(2)24(32)29-21-11-5-10-20-18(21)8-6-14-27-20/h3-15,17H,1-2H3,(H,29,32). The van der Waals surface area contributed by atoms with Crippen molar-refractivity contribution in [3.8, 4) is 5.82 Å². The summed E-state index contributed by atoms with van der Waals surface area (Å²) in [6.07, 6.45) is 3.42. The monoisotopic (exact) mass is 467 g/mol. The minimum Gasteiger partial charge on any atom is -0.324 e. The van der Waals surface area contributed by atoms with E-state index in [0.29, 0.717) is 27.6 Å². The first-order chi connectivity index (χ1) is 16.5. The molecule has 0 saturated heterocycles. The van der Waals surface area contributed by atoms with Crippen LogP contribution in [-0.2, 0) is 4.79 Å². The van der Waals surface area contributed by atoms with Gasteiger partial charge in [0.1, 0.15) is 5.82 Å². The van der Waals surface area contributed by atoms with E-state index < -0.39 is 5.25 Å². The number of aromatic nitrogens is 4. The Labute approximate surface area is 199 Å². The first kappa shape index (κ1) is 21.8. The largest absolute Gasteiger partial charge is 0.324 e. The molecule has 34 heavy (non-hydrogen) atoms. The van der Waals surface area contributed by atoms with Gasteiger partial charge in [0.25, 0.3) is 5.56 Å². The van der Waals surface area contributed by atoms with Crippen LogP contribution in [0.5, 0.6) is 0 Å². The molecule has 8 heteroatoms. The molecular formula is C26H21N5O2S. The normalized spacial score (nSPS) is 12.1. The second-order valence-electron chi connectivity index (χ2n) is 7.87. The predicted molar refractivity (Wildman–Crippen MR) is 136 cm³/mol. The van der Waals surface area contributed by atoms with Gasteiger partial charge in [0.05, 0.1) is 27.4 Å². The number of aryl methyl sites for hydroxylation is 1. The number of fused-ring (bicyclic) bond motifs is 2. The van der Waals surface area contributed by atoms with E-state index in [4.69, 9.17) is 4.98 Å². The summed E-state index contributed by atoms with van der Waals surface area (Å²) < 4.78 is 1.47. The lowest BCUT2D eigenvalue weighted by molar-refractivity contribution is -0.115. The highest BCUT2D eigenvalue weighted by Gasteiger charge is 2.21. The van der Waals surface area contributed by atoms with Crippen LogP contribution in [0.4, 0.5) is 5.69 Å². The van der Waals surface area contributed by atoms with Gasteiger partial charge in [0, 0.05) is 17.8 Å². The number of para-hydroxylation sites is 1. The topological polar surface area (TPSA) is 89.8 Å². The van der Waals surface area contributed by atoms with Crippen molar-refractivity contribution < 1.29 is 4.79 Å². The molecular weight excluding hydrogens is 446 g/mol. The summed E-state index contributed by atoms with van der Waals surface area (Å²) in [5.41, 5.74) is 2.82. The number of carbonyl (C=O) groups is 1. The molecule has 0 aliphatic rings. The summed E-state index contributed by atoms with van der Waals surface area (Å²) in [6, 6.07) is 20.2. The number of amides is 1. The zero-order chi connectivity index (χ0) is 23.7. The Hall–Kier alpha value is -4.04. The van der Waals surface area contributed by atoms with E-state index in [-0.39, 0.29) is 11.5 Å². The van der Waals surface area contributed by atoms with Crippen LogP contribution in [-0.4, -0.2) is 30.7 Å². The number of anilines is 1. The molecule has 0 spiro atoms. The highest BCUT2D eigenvalue weighted by molar-refractivity contribution is 8.00. The lowest BCUT2D eigenvalue weighted by Gasteiger charge is -2.16. The molecule has 0 radical (unpaired) electrons. The Morgan fingerprint density at radius 2 is 1.74 bits per heavy atom. The van der Waals surface area contributed by atoms with E-state index in [1.165, 1.54) is 16.3 Å². The molecule has 0 bridgehead atoms. The van der Waals surface area contributed by atoms with Crippen molar-refractivity contribution in [3.05, 3.63) is 95.0 Å². The highest BCUT2D eigenvalue weighted by Crippen LogP contribution is 2.27.